The van der Waals surface area contributed by atoms with Gasteiger partial charge < -0.3 is 34.3 Å². The summed E-state index contributed by atoms with van der Waals surface area (Å²) in [5, 5.41) is 5.99. The smallest absolute Gasteiger partial charge is 0.324 e. The van der Waals surface area contributed by atoms with Crippen LogP contribution < -0.4 is 10.6 Å². The van der Waals surface area contributed by atoms with Gasteiger partial charge in [0.25, 0.3) is 0 Å². The van der Waals surface area contributed by atoms with Crippen molar-refractivity contribution in [3.8, 4) is 0 Å². The van der Waals surface area contributed by atoms with Crippen LogP contribution in [-0.2, 0) is 42.9 Å². The highest BCUT2D eigenvalue weighted by atomic mass is 16.6. The van der Waals surface area contributed by atoms with Crippen LogP contribution in [-0.4, -0.2) is 84.7 Å². The van der Waals surface area contributed by atoms with Gasteiger partial charge >= 0.3 is 23.9 Å². The fraction of sp³-hybridized carbons (Fsp3) is 0.857. The first-order valence-corrected chi connectivity index (χ1v) is 13.4. The molecule has 0 radical (unpaired) electrons. The summed E-state index contributed by atoms with van der Waals surface area (Å²) >= 11 is 0. The lowest BCUT2D eigenvalue weighted by Gasteiger charge is -2.26. The second kappa shape index (κ2) is 15.5. The normalized spacial score (nSPS) is 14.3. The summed E-state index contributed by atoms with van der Waals surface area (Å²) in [6.45, 7) is 22.0. The lowest BCUT2D eigenvalue weighted by atomic mass is 10.1. The summed E-state index contributed by atoms with van der Waals surface area (Å²) in [5.74, 6) is -2.15. The Labute approximate surface area is 234 Å². The van der Waals surface area contributed by atoms with Gasteiger partial charge in [0.1, 0.15) is 34.5 Å². The zero-order valence-corrected chi connectivity index (χ0v) is 26.1. The molecule has 0 fully saturated rings. The topological polar surface area (TPSA) is 138 Å². The van der Waals surface area contributed by atoms with Crippen LogP contribution in [0.4, 0.5) is 0 Å². The molecular formula is C28H52N2O9. The van der Waals surface area contributed by atoms with Crippen molar-refractivity contribution in [2.75, 3.05) is 26.3 Å². The van der Waals surface area contributed by atoms with Crippen molar-refractivity contribution in [2.45, 2.75) is 130 Å². The number of hydrogen-bond donors (Lipinski definition) is 2. The molecule has 0 heterocycles. The lowest BCUT2D eigenvalue weighted by Crippen LogP contribution is -2.45. The Morgan fingerprint density at radius 2 is 0.795 bits per heavy atom. The van der Waals surface area contributed by atoms with Gasteiger partial charge in [-0.2, -0.15) is 0 Å². The van der Waals surface area contributed by atoms with E-state index >= 15 is 0 Å². The first-order chi connectivity index (χ1) is 17.5. The standard InChI is InChI=1S/C28H52N2O9/c1-25(2,3)36-21(31)17-19(23(33)38-27(7,8)9)29-13-15-35-16-14-30-20(24(34)39-28(10,11)12)18-22(32)37-26(4,5)6/h19-20,29-30H,13-18H2,1-12H3/t19-,20-/m1/s1. The fourth-order valence-electron chi connectivity index (χ4n) is 3.04. The van der Waals surface area contributed by atoms with E-state index in [-0.39, 0.29) is 39.1 Å². The number of ether oxygens (including phenoxy) is 5. The van der Waals surface area contributed by atoms with Crippen LogP contribution in [0.1, 0.15) is 95.9 Å². The molecule has 0 aromatic rings. The molecule has 39 heavy (non-hydrogen) atoms. The molecule has 2 atom stereocenters. The highest BCUT2D eigenvalue weighted by Gasteiger charge is 2.30. The Kier molecular flexibility index (Phi) is 14.6. The highest BCUT2D eigenvalue weighted by Crippen LogP contribution is 2.14. The number of nitrogens with one attached hydrogen (secondary N) is 2. The summed E-state index contributed by atoms with van der Waals surface area (Å²) in [5.41, 5.74) is -2.77. The summed E-state index contributed by atoms with van der Waals surface area (Å²) < 4.78 is 27.1. The van der Waals surface area contributed by atoms with Gasteiger partial charge in [0.15, 0.2) is 0 Å². The predicted octanol–water partition coefficient (Wildman–Crippen LogP) is 3.07. The van der Waals surface area contributed by atoms with E-state index in [4.69, 9.17) is 23.7 Å². The van der Waals surface area contributed by atoms with Crippen LogP contribution in [0.2, 0.25) is 0 Å². The minimum atomic E-state index is -0.897. The van der Waals surface area contributed by atoms with Gasteiger partial charge in [-0.15, -0.1) is 0 Å². The van der Waals surface area contributed by atoms with Crippen LogP contribution >= 0.6 is 0 Å². The van der Waals surface area contributed by atoms with Crippen molar-refractivity contribution in [2.24, 2.45) is 0 Å². The third kappa shape index (κ3) is 21.3. The summed E-state index contributed by atoms with van der Waals surface area (Å²) in [4.78, 5) is 49.8. The molecule has 2 N–H and O–H groups in total. The number of carbonyl (C=O) groups is 4. The fourth-order valence-corrected chi connectivity index (χ4v) is 3.04. The summed E-state index contributed by atoms with van der Waals surface area (Å²) in [6, 6.07) is -1.79. The number of rotatable bonds is 14. The SMILES string of the molecule is CC(C)(C)OC(=O)C[C@@H](NCCOCCN[C@H](CC(=O)OC(C)(C)C)C(=O)OC(C)(C)C)C(=O)OC(C)(C)C. The van der Waals surface area contributed by atoms with Crippen LogP contribution in [0.15, 0.2) is 0 Å². The van der Waals surface area contributed by atoms with Gasteiger partial charge in [0.05, 0.1) is 26.1 Å². The molecule has 0 bridgehead atoms. The Hall–Kier alpha value is -2.24. The molecule has 0 aliphatic carbocycles. The first-order valence-electron chi connectivity index (χ1n) is 13.4. The van der Waals surface area contributed by atoms with E-state index in [0.29, 0.717) is 0 Å². The number of carbonyl (C=O) groups excluding carboxylic acids is 4. The molecule has 0 amide bonds. The number of hydrogen-bond acceptors (Lipinski definition) is 11. The zero-order valence-electron chi connectivity index (χ0n) is 26.1. The predicted molar refractivity (Wildman–Crippen MR) is 147 cm³/mol. The first kappa shape index (κ1) is 36.8. The molecule has 0 spiro atoms. The van der Waals surface area contributed by atoms with E-state index in [1.54, 1.807) is 83.1 Å². The van der Waals surface area contributed by atoms with E-state index in [2.05, 4.69) is 10.6 Å². The van der Waals surface area contributed by atoms with Gasteiger partial charge in [-0.05, 0) is 83.1 Å². The molecule has 0 aliphatic heterocycles. The van der Waals surface area contributed by atoms with Crippen molar-refractivity contribution >= 4 is 23.9 Å². The maximum absolute atomic E-state index is 12.6. The van der Waals surface area contributed by atoms with Crippen molar-refractivity contribution in [3.63, 3.8) is 0 Å². The largest absolute Gasteiger partial charge is 0.460 e. The maximum Gasteiger partial charge on any atom is 0.324 e. The molecule has 228 valence electrons. The van der Waals surface area contributed by atoms with Gasteiger partial charge in [0, 0.05) is 13.1 Å². The molecular weight excluding hydrogens is 508 g/mol. The van der Waals surface area contributed by atoms with Gasteiger partial charge in [-0.25, -0.2) is 0 Å². The van der Waals surface area contributed by atoms with E-state index < -0.39 is 58.4 Å². The summed E-state index contributed by atoms with van der Waals surface area (Å²) in [6.07, 6.45) is -0.369. The highest BCUT2D eigenvalue weighted by molar-refractivity contribution is 5.83. The van der Waals surface area contributed by atoms with Crippen molar-refractivity contribution in [3.05, 3.63) is 0 Å². The van der Waals surface area contributed by atoms with Crippen LogP contribution in [0.3, 0.4) is 0 Å². The van der Waals surface area contributed by atoms with E-state index in [9.17, 15) is 19.2 Å². The minimum Gasteiger partial charge on any atom is -0.460 e. The lowest BCUT2D eigenvalue weighted by molar-refractivity contribution is -0.164. The van der Waals surface area contributed by atoms with E-state index in [0.717, 1.165) is 0 Å². The molecule has 11 nitrogen and oxygen atoms in total. The van der Waals surface area contributed by atoms with Gasteiger partial charge in [-0.1, -0.05) is 0 Å². The van der Waals surface area contributed by atoms with Gasteiger partial charge in [-0.3, -0.25) is 19.2 Å². The molecule has 0 aromatic heterocycles. The second-order valence-electron chi connectivity index (χ2n) is 13.3. The monoisotopic (exact) mass is 560 g/mol. The maximum atomic E-state index is 12.6. The molecule has 0 rings (SSSR count). The molecule has 0 saturated heterocycles. The molecule has 0 aliphatic rings. The third-order valence-electron chi connectivity index (χ3n) is 4.24. The molecule has 11 heteroatoms. The van der Waals surface area contributed by atoms with Crippen molar-refractivity contribution in [1.82, 2.24) is 10.6 Å². The number of esters is 4. The van der Waals surface area contributed by atoms with Crippen LogP contribution in [0.5, 0.6) is 0 Å². The Balaban J connectivity index is 4.85. The average Bonchev–Trinajstić information content (AvgIpc) is 2.65. The molecule has 0 saturated carbocycles. The van der Waals surface area contributed by atoms with Crippen LogP contribution in [0, 0.1) is 0 Å². The Morgan fingerprint density at radius 1 is 0.513 bits per heavy atom. The van der Waals surface area contributed by atoms with Crippen molar-refractivity contribution < 1.29 is 42.9 Å². The van der Waals surface area contributed by atoms with Crippen LogP contribution in [0.25, 0.3) is 0 Å². The van der Waals surface area contributed by atoms with Crippen molar-refractivity contribution in [1.29, 1.82) is 0 Å². The molecule has 0 aromatic carbocycles. The zero-order chi connectivity index (χ0) is 30.7. The minimum absolute atomic E-state index is 0.185. The van der Waals surface area contributed by atoms with Gasteiger partial charge in [0.2, 0.25) is 0 Å². The van der Waals surface area contributed by atoms with E-state index in [1.807, 2.05) is 0 Å². The Bertz CT molecular complexity index is 734. The van der Waals surface area contributed by atoms with E-state index in [1.165, 1.54) is 0 Å². The third-order valence-corrected chi connectivity index (χ3v) is 4.24. The summed E-state index contributed by atoms with van der Waals surface area (Å²) in [7, 11) is 0. The quantitative estimate of drug-likeness (QED) is 0.184. The average molecular weight is 561 g/mol. The Morgan fingerprint density at radius 3 is 1.05 bits per heavy atom. The molecule has 0 unspecified atom stereocenters. The second-order valence-corrected chi connectivity index (χ2v) is 13.3.